The molecule has 0 bridgehead atoms. The van der Waals surface area contributed by atoms with Crippen LogP contribution in [0.25, 0.3) is 6.08 Å². The molecule has 8 heteroatoms. The van der Waals surface area contributed by atoms with Crippen molar-refractivity contribution in [2.45, 2.75) is 6.61 Å². The summed E-state index contributed by atoms with van der Waals surface area (Å²) in [6, 6.07) is 16.8. The number of carboxylic acids is 1. The summed E-state index contributed by atoms with van der Waals surface area (Å²) in [5, 5.41) is 11.4. The van der Waals surface area contributed by atoms with E-state index < -0.39 is 34.8 Å². The van der Waals surface area contributed by atoms with E-state index in [9.17, 15) is 23.5 Å². The Balaban J connectivity index is 1.70. The van der Waals surface area contributed by atoms with Gasteiger partial charge in [0.1, 0.15) is 41.0 Å². The van der Waals surface area contributed by atoms with Gasteiger partial charge in [0.2, 0.25) is 0 Å². The van der Waals surface area contributed by atoms with Crippen molar-refractivity contribution in [3.05, 3.63) is 101 Å². The van der Waals surface area contributed by atoms with E-state index in [1.807, 2.05) is 29.6 Å². The molecule has 1 amide bonds. The Bertz CT molecular complexity index is 1140. The second-order valence-corrected chi connectivity index (χ2v) is 6.62. The van der Waals surface area contributed by atoms with E-state index in [1.165, 1.54) is 6.08 Å². The summed E-state index contributed by atoms with van der Waals surface area (Å²) in [4.78, 5) is 23.7. The van der Waals surface area contributed by atoms with E-state index in [0.29, 0.717) is 23.7 Å². The van der Waals surface area contributed by atoms with E-state index in [2.05, 4.69) is 0 Å². The minimum Gasteiger partial charge on any atom is -0.497 e. The molecule has 164 valence electrons. The number of aliphatic carboxylic acids is 1. The average molecular weight is 439 g/mol. The van der Waals surface area contributed by atoms with E-state index in [-0.39, 0.29) is 0 Å². The third kappa shape index (κ3) is 5.69. The van der Waals surface area contributed by atoms with Gasteiger partial charge in [-0.1, -0.05) is 30.3 Å². The predicted molar refractivity (Wildman–Crippen MR) is 113 cm³/mol. The third-order valence-corrected chi connectivity index (χ3v) is 4.40. The summed E-state index contributed by atoms with van der Waals surface area (Å²) in [6.45, 7) is 0.303. The topological polar surface area (TPSA) is 84.9 Å². The van der Waals surface area contributed by atoms with Crippen molar-refractivity contribution in [1.29, 1.82) is 0 Å². The highest BCUT2D eigenvalue weighted by Gasteiger charge is 2.20. The molecule has 3 aromatic rings. The zero-order valence-corrected chi connectivity index (χ0v) is 17.0. The Morgan fingerprint density at radius 2 is 1.62 bits per heavy atom. The van der Waals surface area contributed by atoms with Crippen LogP contribution in [-0.4, -0.2) is 24.1 Å². The second-order valence-electron chi connectivity index (χ2n) is 6.62. The fourth-order valence-corrected chi connectivity index (χ4v) is 2.81. The van der Waals surface area contributed by atoms with Gasteiger partial charge in [0, 0.05) is 0 Å². The zero-order valence-electron chi connectivity index (χ0n) is 17.0. The Morgan fingerprint density at radius 1 is 0.969 bits per heavy atom. The largest absolute Gasteiger partial charge is 0.497 e. The number of halogens is 2. The van der Waals surface area contributed by atoms with Crippen molar-refractivity contribution < 1.29 is 33.0 Å². The lowest BCUT2D eigenvalue weighted by Crippen LogP contribution is -2.28. The number of ether oxygens (including phenoxy) is 2. The van der Waals surface area contributed by atoms with Gasteiger partial charge in [-0.25, -0.2) is 13.6 Å². The molecule has 0 unspecified atom stereocenters. The molecule has 0 radical (unpaired) electrons. The van der Waals surface area contributed by atoms with Gasteiger partial charge in [0.05, 0.1) is 7.11 Å². The fourth-order valence-electron chi connectivity index (χ4n) is 2.81. The predicted octanol–water partition coefficient (Wildman–Crippen LogP) is 4.41. The highest BCUT2D eigenvalue weighted by Crippen LogP contribution is 2.18. The van der Waals surface area contributed by atoms with Crippen LogP contribution in [0.5, 0.6) is 11.5 Å². The number of hydrogen-bond donors (Lipinski definition) is 2. The number of nitrogens with one attached hydrogen (secondary N) is 1. The lowest BCUT2D eigenvalue weighted by Gasteiger charge is -2.09. The van der Waals surface area contributed by atoms with Gasteiger partial charge in [0.25, 0.3) is 5.91 Å². The second kappa shape index (κ2) is 10.2. The first-order chi connectivity index (χ1) is 15.4. The lowest BCUT2D eigenvalue weighted by molar-refractivity contribution is -0.132. The van der Waals surface area contributed by atoms with Crippen LogP contribution in [-0.2, 0) is 11.4 Å². The van der Waals surface area contributed by atoms with Crippen LogP contribution >= 0.6 is 0 Å². The van der Waals surface area contributed by atoms with Gasteiger partial charge >= 0.3 is 5.97 Å². The average Bonchev–Trinajstić information content (AvgIpc) is 2.78. The standard InChI is InChI=1S/C24H19F2NO5/c1-31-18-5-2-4-16(12-18)14-32-17-10-8-15(9-11-17)13-21(24(29)30)27-23(28)22-19(25)6-3-7-20(22)26/h2-13H,14H2,1H3,(H,27,28)(H,29,30). The summed E-state index contributed by atoms with van der Waals surface area (Å²) in [5.74, 6) is -3.60. The van der Waals surface area contributed by atoms with Crippen LogP contribution in [0.1, 0.15) is 21.5 Å². The molecule has 0 aliphatic rings. The normalized spacial score (nSPS) is 11.0. The lowest BCUT2D eigenvalue weighted by atomic mass is 10.1. The quantitative estimate of drug-likeness (QED) is 0.508. The molecule has 0 aliphatic carbocycles. The first-order valence-corrected chi connectivity index (χ1v) is 9.43. The molecule has 0 saturated heterocycles. The van der Waals surface area contributed by atoms with E-state index in [4.69, 9.17) is 9.47 Å². The Morgan fingerprint density at radius 3 is 2.25 bits per heavy atom. The maximum atomic E-state index is 13.8. The van der Waals surface area contributed by atoms with Gasteiger partial charge < -0.3 is 19.9 Å². The Hall–Kier alpha value is -4.20. The zero-order chi connectivity index (χ0) is 23.1. The van der Waals surface area contributed by atoms with Crippen LogP contribution in [0.15, 0.2) is 72.4 Å². The van der Waals surface area contributed by atoms with Crippen LogP contribution in [0.2, 0.25) is 0 Å². The number of carboxylic acid groups (broad SMARTS) is 1. The molecular formula is C24H19F2NO5. The van der Waals surface area contributed by atoms with Gasteiger partial charge in [-0.05, 0) is 53.6 Å². The molecule has 0 heterocycles. The molecule has 32 heavy (non-hydrogen) atoms. The Labute approximate surface area is 182 Å². The summed E-state index contributed by atoms with van der Waals surface area (Å²) in [5.41, 5.74) is -0.0568. The molecule has 3 aromatic carbocycles. The van der Waals surface area contributed by atoms with Crippen LogP contribution in [0, 0.1) is 11.6 Å². The van der Waals surface area contributed by atoms with E-state index in [0.717, 1.165) is 23.8 Å². The Kier molecular flexibility index (Phi) is 7.17. The van der Waals surface area contributed by atoms with Crippen LogP contribution in [0.4, 0.5) is 8.78 Å². The van der Waals surface area contributed by atoms with Crippen molar-refractivity contribution in [1.82, 2.24) is 5.32 Å². The molecule has 2 N–H and O–H groups in total. The van der Waals surface area contributed by atoms with Crippen LogP contribution < -0.4 is 14.8 Å². The minimum absolute atomic E-state index is 0.303. The number of rotatable bonds is 8. The van der Waals surface area contributed by atoms with Crippen molar-refractivity contribution in [2.24, 2.45) is 0 Å². The number of methoxy groups -OCH3 is 1. The molecule has 0 atom stereocenters. The van der Waals surface area contributed by atoms with Gasteiger partial charge in [-0.3, -0.25) is 4.79 Å². The minimum atomic E-state index is -1.46. The summed E-state index contributed by atoms with van der Waals surface area (Å²) in [7, 11) is 1.58. The first-order valence-electron chi connectivity index (χ1n) is 9.43. The molecule has 6 nitrogen and oxygen atoms in total. The number of carbonyl (C=O) groups excluding carboxylic acids is 1. The molecule has 0 saturated carbocycles. The molecule has 0 fully saturated rings. The van der Waals surface area contributed by atoms with Gasteiger partial charge in [-0.15, -0.1) is 0 Å². The fraction of sp³-hybridized carbons (Fsp3) is 0.0833. The number of carbonyl (C=O) groups is 2. The first kappa shape index (κ1) is 22.5. The number of hydrogen-bond acceptors (Lipinski definition) is 4. The maximum Gasteiger partial charge on any atom is 0.352 e. The number of amides is 1. The summed E-state index contributed by atoms with van der Waals surface area (Å²) >= 11 is 0. The molecular weight excluding hydrogens is 420 g/mol. The SMILES string of the molecule is COc1cccc(COc2ccc(C=C(NC(=O)c3c(F)cccc3F)C(=O)O)cc2)c1. The third-order valence-electron chi connectivity index (χ3n) is 4.40. The molecule has 0 aliphatic heterocycles. The highest BCUT2D eigenvalue weighted by atomic mass is 19.1. The van der Waals surface area contributed by atoms with Gasteiger partial charge in [-0.2, -0.15) is 0 Å². The highest BCUT2D eigenvalue weighted by molar-refractivity contribution is 6.03. The summed E-state index contributed by atoms with van der Waals surface area (Å²) in [6.07, 6.45) is 1.17. The monoisotopic (exact) mass is 439 g/mol. The van der Waals surface area contributed by atoms with E-state index in [1.54, 1.807) is 31.4 Å². The molecule has 3 rings (SSSR count). The smallest absolute Gasteiger partial charge is 0.352 e. The number of benzene rings is 3. The van der Waals surface area contributed by atoms with Crippen LogP contribution in [0.3, 0.4) is 0 Å². The summed E-state index contributed by atoms with van der Waals surface area (Å²) < 4.78 is 38.4. The molecule has 0 spiro atoms. The molecule has 0 aromatic heterocycles. The van der Waals surface area contributed by atoms with Crippen molar-refractivity contribution >= 4 is 18.0 Å². The van der Waals surface area contributed by atoms with E-state index >= 15 is 0 Å². The van der Waals surface area contributed by atoms with Crippen molar-refractivity contribution in [2.75, 3.05) is 7.11 Å². The van der Waals surface area contributed by atoms with Crippen molar-refractivity contribution in [3.63, 3.8) is 0 Å². The maximum absolute atomic E-state index is 13.8. The van der Waals surface area contributed by atoms with Crippen molar-refractivity contribution in [3.8, 4) is 11.5 Å². The van der Waals surface area contributed by atoms with Gasteiger partial charge in [0.15, 0.2) is 0 Å².